The molecule has 3 rings (SSSR count). The molecule has 24 heavy (non-hydrogen) atoms. The van der Waals surface area contributed by atoms with Gasteiger partial charge in [-0.05, 0) is 49.9 Å². The third kappa shape index (κ3) is 4.74. The fourth-order valence-corrected chi connectivity index (χ4v) is 3.36. The van der Waals surface area contributed by atoms with Crippen molar-refractivity contribution in [2.24, 2.45) is 0 Å². The molecule has 5 nitrogen and oxygen atoms in total. The zero-order valence-electron chi connectivity index (χ0n) is 14.3. The Kier molecular flexibility index (Phi) is 6.13. The van der Waals surface area contributed by atoms with Crippen LogP contribution in [0.5, 0.6) is 0 Å². The van der Waals surface area contributed by atoms with Crippen LogP contribution in [0.25, 0.3) is 10.9 Å². The van der Waals surface area contributed by atoms with Gasteiger partial charge in [0.05, 0.1) is 0 Å². The summed E-state index contributed by atoms with van der Waals surface area (Å²) in [6.45, 7) is 5.66. The van der Waals surface area contributed by atoms with Gasteiger partial charge in [-0.15, -0.1) is 0 Å². The highest BCUT2D eigenvalue weighted by Crippen LogP contribution is 2.15. The molecule has 0 radical (unpaired) electrons. The van der Waals surface area contributed by atoms with Crippen LogP contribution in [0.3, 0.4) is 0 Å². The Bertz CT molecular complexity index is 646. The molecule has 2 N–H and O–H groups in total. The molecule has 0 bridgehead atoms. The molecule has 1 aromatic heterocycles. The van der Waals surface area contributed by atoms with Crippen molar-refractivity contribution in [2.45, 2.75) is 32.2 Å². The second kappa shape index (κ2) is 8.73. The van der Waals surface area contributed by atoms with Crippen LogP contribution in [0.1, 0.15) is 25.7 Å². The molecule has 5 heteroatoms. The number of piperidine rings is 1. The van der Waals surface area contributed by atoms with Gasteiger partial charge in [-0.2, -0.15) is 0 Å². The van der Waals surface area contributed by atoms with Gasteiger partial charge in [0.15, 0.2) is 0 Å². The van der Waals surface area contributed by atoms with Gasteiger partial charge in [-0.25, -0.2) is 4.79 Å². The summed E-state index contributed by atoms with van der Waals surface area (Å²) in [5, 5.41) is 7.17. The smallest absolute Gasteiger partial charge is 0.314 e. The number of aryl methyl sites for hydroxylation is 1. The van der Waals surface area contributed by atoms with Gasteiger partial charge in [0.25, 0.3) is 0 Å². The van der Waals surface area contributed by atoms with E-state index < -0.39 is 0 Å². The Morgan fingerprint density at radius 2 is 1.75 bits per heavy atom. The SMILES string of the molecule is O=C(NCCCn1ccc2ccccc21)NCCN1CCCCC1. The molecule has 1 aliphatic heterocycles. The summed E-state index contributed by atoms with van der Waals surface area (Å²) in [6.07, 6.45) is 6.98. The normalized spacial score (nSPS) is 15.5. The molecule has 2 heterocycles. The van der Waals surface area contributed by atoms with Crippen molar-refractivity contribution in [1.29, 1.82) is 0 Å². The van der Waals surface area contributed by atoms with E-state index in [0.717, 1.165) is 26.1 Å². The number of hydrogen-bond acceptors (Lipinski definition) is 2. The summed E-state index contributed by atoms with van der Waals surface area (Å²) in [7, 11) is 0. The quantitative estimate of drug-likeness (QED) is 0.768. The average Bonchev–Trinajstić information content (AvgIpc) is 3.03. The second-order valence-corrected chi connectivity index (χ2v) is 6.51. The fraction of sp³-hybridized carbons (Fsp3) is 0.526. The van der Waals surface area contributed by atoms with Crippen LogP contribution in [0.4, 0.5) is 4.79 Å². The van der Waals surface area contributed by atoms with Crippen molar-refractivity contribution < 1.29 is 4.79 Å². The van der Waals surface area contributed by atoms with E-state index in [1.807, 2.05) is 0 Å². The van der Waals surface area contributed by atoms with E-state index in [4.69, 9.17) is 0 Å². The molecule has 1 saturated heterocycles. The molecule has 0 saturated carbocycles. The number of carbonyl (C=O) groups is 1. The number of hydrogen-bond donors (Lipinski definition) is 2. The summed E-state index contributed by atoms with van der Waals surface area (Å²) in [5.41, 5.74) is 1.25. The maximum atomic E-state index is 11.8. The largest absolute Gasteiger partial charge is 0.347 e. The number of rotatable bonds is 7. The molecule has 0 spiro atoms. The van der Waals surface area contributed by atoms with Crippen molar-refractivity contribution >= 4 is 16.9 Å². The molecule has 1 aliphatic rings. The summed E-state index contributed by atoms with van der Waals surface area (Å²) in [4.78, 5) is 14.2. The van der Waals surface area contributed by atoms with Crippen molar-refractivity contribution in [1.82, 2.24) is 20.1 Å². The first-order valence-electron chi connectivity index (χ1n) is 9.11. The van der Waals surface area contributed by atoms with E-state index in [0.29, 0.717) is 6.54 Å². The zero-order chi connectivity index (χ0) is 16.6. The number of benzene rings is 1. The topological polar surface area (TPSA) is 49.3 Å². The third-order valence-electron chi connectivity index (χ3n) is 4.70. The molecule has 130 valence electrons. The van der Waals surface area contributed by atoms with Crippen LogP contribution < -0.4 is 10.6 Å². The van der Waals surface area contributed by atoms with Crippen molar-refractivity contribution in [3.63, 3.8) is 0 Å². The minimum Gasteiger partial charge on any atom is -0.347 e. The van der Waals surface area contributed by atoms with Crippen LogP contribution in [0.15, 0.2) is 36.5 Å². The molecule has 2 amide bonds. The molecule has 0 atom stereocenters. The number of carbonyl (C=O) groups excluding carboxylic acids is 1. The Morgan fingerprint density at radius 1 is 0.958 bits per heavy atom. The number of para-hydroxylation sites is 1. The van der Waals surface area contributed by atoms with E-state index >= 15 is 0 Å². The number of aromatic nitrogens is 1. The minimum absolute atomic E-state index is 0.0515. The van der Waals surface area contributed by atoms with E-state index in [9.17, 15) is 4.79 Å². The first-order valence-corrected chi connectivity index (χ1v) is 9.11. The van der Waals surface area contributed by atoms with Gasteiger partial charge in [0.1, 0.15) is 0 Å². The zero-order valence-corrected chi connectivity index (χ0v) is 14.3. The van der Waals surface area contributed by atoms with Crippen LogP contribution in [0, 0.1) is 0 Å². The van der Waals surface area contributed by atoms with Crippen molar-refractivity contribution in [3.05, 3.63) is 36.5 Å². The lowest BCUT2D eigenvalue weighted by Gasteiger charge is -2.26. The van der Waals surface area contributed by atoms with Gasteiger partial charge < -0.3 is 20.1 Å². The summed E-state index contributed by atoms with van der Waals surface area (Å²) < 4.78 is 2.24. The molecule has 1 aromatic carbocycles. The minimum atomic E-state index is -0.0515. The molecule has 0 aliphatic carbocycles. The van der Waals surface area contributed by atoms with Crippen LogP contribution >= 0.6 is 0 Å². The Balaban J connectivity index is 1.29. The lowest BCUT2D eigenvalue weighted by Crippen LogP contribution is -2.42. The first kappa shape index (κ1) is 16.8. The number of nitrogens with one attached hydrogen (secondary N) is 2. The monoisotopic (exact) mass is 328 g/mol. The Hall–Kier alpha value is -2.01. The Labute approximate surface area is 144 Å². The number of likely N-dealkylation sites (tertiary alicyclic amines) is 1. The van der Waals surface area contributed by atoms with E-state index in [1.165, 1.54) is 43.3 Å². The van der Waals surface area contributed by atoms with Crippen LogP contribution in [-0.2, 0) is 6.54 Å². The fourth-order valence-electron chi connectivity index (χ4n) is 3.36. The van der Waals surface area contributed by atoms with Crippen LogP contribution in [0.2, 0.25) is 0 Å². The van der Waals surface area contributed by atoms with Gasteiger partial charge in [0.2, 0.25) is 0 Å². The predicted octanol–water partition coefficient (Wildman–Crippen LogP) is 2.82. The first-order chi connectivity index (χ1) is 11.8. The summed E-state index contributed by atoms with van der Waals surface area (Å²) in [5.74, 6) is 0. The van der Waals surface area contributed by atoms with Gasteiger partial charge in [0, 0.05) is 37.9 Å². The highest BCUT2D eigenvalue weighted by Gasteiger charge is 2.09. The Morgan fingerprint density at radius 3 is 2.62 bits per heavy atom. The average molecular weight is 328 g/mol. The van der Waals surface area contributed by atoms with Gasteiger partial charge >= 0.3 is 6.03 Å². The molecular formula is C19H28N4O. The maximum Gasteiger partial charge on any atom is 0.314 e. The van der Waals surface area contributed by atoms with Crippen molar-refractivity contribution in [3.8, 4) is 0 Å². The number of amides is 2. The van der Waals surface area contributed by atoms with Crippen molar-refractivity contribution in [2.75, 3.05) is 32.7 Å². The predicted molar refractivity (Wildman–Crippen MR) is 98.2 cm³/mol. The lowest BCUT2D eigenvalue weighted by molar-refractivity contribution is 0.220. The summed E-state index contributed by atoms with van der Waals surface area (Å²) >= 11 is 0. The third-order valence-corrected chi connectivity index (χ3v) is 4.70. The molecule has 0 unspecified atom stereocenters. The highest BCUT2D eigenvalue weighted by atomic mass is 16.2. The number of urea groups is 1. The highest BCUT2D eigenvalue weighted by molar-refractivity contribution is 5.79. The molecule has 2 aromatic rings. The van der Waals surface area contributed by atoms with Crippen LogP contribution in [-0.4, -0.2) is 48.2 Å². The summed E-state index contributed by atoms with van der Waals surface area (Å²) in [6, 6.07) is 10.5. The number of fused-ring (bicyclic) bond motifs is 1. The molecule has 1 fully saturated rings. The maximum absolute atomic E-state index is 11.8. The second-order valence-electron chi connectivity index (χ2n) is 6.51. The lowest BCUT2D eigenvalue weighted by atomic mass is 10.1. The van der Waals surface area contributed by atoms with E-state index in [-0.39, 0.29) is 6.03 Å². The molecular weight excluding hydrogens is 300 g/mol. The van der Waals surface area contributed by atoms with E-state index in [2.05, 4.69) is 56.6 Å². The standard InChI is InChI=1S/C19H28N4O/c24-19(21-11-16-22-12-4-1-5-13-22)20-10-6-14-23-15-9-17-7-2-3-8-18(17)23/h2-3,7-9,15H,1,4-6,10-14,16H2,(H2,20,21,24). The van der Waals surface area contributed by atoms with E-state index in [1.54, 1.807) is 0 Å². The van der Waals surface area contributed by atoms with Gasteiger partial charge in [-0.3, -0.25) is 0 Å². The number of nitrogens with zero attached hydrogens (tertiary/aromatic N) is 2. The van der Waals surface area contributed by atoms with Gasteiger partial charge in [-0.1, -0.05) is 24.6 Å².